The van der Waals surface area contributed by atoms with E-state index < -0.39 is 11.6 Å². The fourth-order valence-electron chi connectivity index (χ4n) is 4.02. The number of methoxy groups -OCH3 is 2. The molecule has 0 spiro atoms. The van der Waals surface area contributed by atoms with Crippen LogP contribution < -0.4 is 20.5 Å². The van der Waals surface area contributed by atoms with E-state index in [4.69, 9.17) is 9.47 Å². The van der Waals surface area contributed by atoms with E-state index in [0.29, 0.717) is 22.8 Å². The van der Waals surface area contributed by atoms with Crippen LogP contribution >= 0.6 is 11.3 Å². The Bertz CT molecular complexity index is 1370. The average molecular weight is 439 g/mol. The molecule has 1 N–H and O–H groups in total. The maximum atomic E-state index is 12.9. The number of benzene rings is 1. The number of aromatic nitrogens is 4. The Morgan fingerprint density at radius 1 is 1.23 bits per heavy atom. The molecule has 10 heteroatoms. The summed E-state index contributed by atoms with van der Waals surface area (Å²) < 4.78 is 13.1. The molecule has 0 radical (unpaired) electrons. The molecule has 0 saturated carbocycles. The largest absolute Gasteiger partial charge is 0.497 e. The minimum atomic E-state index is -0.395. The minimum absolute atomic E-state index is 0.227. The average Bonchev–Trinajstić information content (AvgIpc) is 3.31. The van der Waals surface area contributed by atoms with Gasteiger partial charge in [0, 0.05) is 10.9 Å². The van der Waals surface area contributed by atoms with Crippen molar-refractivity contribution < 1.29 is 14.3 Å². The van der Waals surface area contributed by atoms with E-state index in [2.05, 4.69) is 15.4 Å². The van der Waals surface area contributed by atoms with E-state index >= 15 is 0 Å². The van der Waals surface area contributed by atoms with E-state index in [9.17, 15) is 9.59 Å². The number of anilines is 1. The number of carbonyl (C=O) groups excluding carboxylic acids is 1. The van der Waals surface area contributed by atoms with Crippen molar-refractivity contribution in [3.8, 4) is 11.5 Å². The van der Waals surface area contributed by atoms with Crippen LogP contribution in [0.15, 0.2) is 29.3 Å². The van der Waals surface area contributed by atoms with E-state index in [-0.39, 0.29) is 6.54 Å². The zero-order chi connectivity index (χ0) is 21.5. The van der Waals surface area contributed by atoms with Gasteiger partial charge in [-0.3, -0.25) is 4.79 Å². The van der Waals surface area contributed by atoms with Gasteiger partial charge in [0.1, 0.15) is 29.2 Å². The van der Waals surface area contributed by atoms with Gasteiger partial charge in [0.2, 0.25) is 5.91 Å². The smallest absolute Gasteiger partial charge is 0.352 e. The third-order valence-corrected chi connectivity index (χ3v) is 6.71. The highest BCUT2D eigenvalue weighted by molar-refractivity contribution is 7.19. The molecule has 160 valence electrons. The van der Waals surface area contributed by atoms with Gasteiger partial charge in [-0.15, -0.1) is 16.4 Å². The molecule has 5 rings (SSSR count). The van der Waals surface area contributed by atoms with Gasteiger partial charge < -0.3 is 14.8 Å². The monoisotopic (exact) mass is 439 g/mol. The van der Waals surface area contributed by atoms with Gasteiger partial charge >= 0.3 is 5.69 Å². The van der Waals surface area contributed by atoms with E-state index in [1.807, 2.05) is 0 Å². The molecule has 31 heavy (non-hydrogen) atoms. The molecule has 0 bridgehead atoms. The zero-order valence-electron chi connectivity index (χ0n) is 17.2. The lowest BCUT2D eigenvalue weighted by Crippen LogP contribution is -2.28. The van der Waals surface area contributed by atoms with Gasteiger partial charge in [-0.2, -0.15) is 0 Å². The van der Waals surface area contributed by atoms with Crippen LogP contribution in [0.4, 0.5) is 5.69 Å². The van der Waals surface area contributed by atoms with E-state index in [1.54, 1.807) is 36.6 Å². The maximum absolute atomic E-state index is 12.9. The minimum Gasteiger partial charge on any atom is -0.497 e. The van der Waals surface area contributed by atoms with Gasteiger partial charge in [0.25, 0.3) is 0 Å². The second kappa shape index (κ2) is 7.69. The Labute approximate surface area is 181 Å². The maximum Gasteiger partial charge on any atom is 0.352 e. The lowest BCUT2D eigenvalue weighted by molar-refractivity contribution is -0.117. The van der Waals surface area contributed by atoms with Gasteiger partial charge in [-0.25, -0.2) is 18.9 Å². The van der Waals surface area contributed by atoms with Crippen LogP contribution in [0.25, 0.3) is 15.9 Å². The molecule has 0 fully saturated rings. The second-order valence-electron chi connectivity index (χ2n) is 7.38. The van der Waals surface area contributed by atoms with Crippen molar-refractivity contribution in [2.24, 2.45) is 0 Å². The highest BCUT2D eigenvalue weighted by Gasteiger charge is 2.22. The van der Waals surface area contributed by atoms with Gasteiger partial charge in [0.05, 0.1) is 25.3 Å². The summed E-state index contributed by atoms with van der Waals surface area (Å²) in [5.74, 6) is 0.678. The topological polar surface area (TPSA) is 99.8 Å². The number of fused-ring (bicyclic) bond motifs is 5. The standard InChI is InChI=1S/C21H21N5O4S/c1-29-12-7-8-15(30-2)14(9-12)23-17(27)10-26-21(28)25-11-22-20-18(19(25)24-26)13-5-3-4-6-16(13)31-20/h7-9,11H,3-6,10H2,1-2H3,(H,23,27). The molecule has 0 saturated heterocycles. The van der Waals surface area contributed by atoms with Crippen molar-refractivity contribution in [1.29, 1.82) is 0 Å². The summed E-state index contributed by atoms with van der Waals surface area (Å²) in [5.41, 5.74) is 1.86. The van der Waals surface area contributed by atoms with E-state index in [0.717, 1.165) is 29.5 Å². The third kappa shape index (κ3) is 3.32. The molecule has 3 aromatic heterocycles. The van der Waals surface area contributed by atoms with Crippen molar-refractivity contribution >= 4 is 38.8 Å². The van der Waals surface area contributed by atoms with Crippen LogP contribution in [-0.4, -0.2) is 39.3 Å². The predicted molar refractivity (Wildman–Crippen MR) is 117 cm³/mol. The summed E-state index contributed by atoms with van der Waals surface area (Å²) in [7, 11) is 3.06. The van der Waals surface area contributed by atoms with Gasteiger partial charge in [-0.05, 0) is 43.4 Å². The number of carbonyl (C=O) groups is 1. The molecular weight excluding hydrogens is 418 g/mol. The quantitative estimate of drug-likeness (QED) is 0.513. The van der Waals surface area contributed by atoms with Crippen LogP contribution in [0.2, 0.25) is 0 Å². The third-order valence-electron chi connectivity index (χ3n) is 5.51. The zero-order valence-corrected chi connectivity index (χ0v) is 18.0. The molecule has 1 aliphatic carbocycles. The number of rotatable bonds is 5. The molecule has 1 aromatic carbocycles. The summed E-state index contributed by atoms with van der Waals surface area (Å²) in [6, 6.07) is 5.10. The lowest BCUT2D eigenvalue weighted by Gasteiger charge is -2.11. The molecule has 0 unspecified atom stereocenters. The Morgan fingerprint density at radius 2 is 2.06 bits per heavy atom. The van der Waals surface area contributed by atoms with Gasteiger partial charge in [0.15, 0.2) is 5.65 Å². The fourth-order valence-corrected chi connectivity index (χ4v) is 5.24. The normalized spacial score (nSPS) is 13.4. The molecule has 9 nitrogen and oxygen atoms in total. The number of hydrogen-bond acceptors (Lipinski definition) is 7. The van der Waals surface area contributed by atoms with Crippen LogP contribution in [0.5, 0.6) is 11.5 Å². The molecule has 3 heterocycles. The number of nitrogens with zero attached hydrogens (tertiary/aromatic N) is 4. The van der Waals surface area contributed by atoms with Crippen molar-refractivity contribution in [3.63, 3.8) is 0 Å². The Morgan fingerprint density at radius 3 is 2.87 bits per heavy atom. The van der Waals surface area contributed by atoms with Crippen LogP contribution in [0.3, 0.4) is 0 Å². The first kappa shape index (κ1) is 19.6. The molecule has 0 atom stereocenters. The number of aryl methyl sites for hydroxylation is 2. The predicted octanol–water partition coefficient (Wildman–Crippen LogP) is 2.64. The van der Waals surface area contributed by atoms with Crippen molar-refractivity contribution in [2.75, 3.05) is 19.5 Å². The highest BCUT2D eigenvalue weighted by Crippen LogP contribution is 2.36. The first-order valence-corrected chi connectivity index (χ1v) is 10.8. The lowest BCUT2D eigenvalue weighted by atomic mass is 9.97. The SMILES string of the molecule is COc1ccc(OC)c(NC(=O)Cn2nc3c4c5c(sc4ncn3c2=O)CCCC5)c1. The van der Waals surface area contributed by atoms with Crippen LogP contribution in [-0.2, 0) is 24.2 Å². The summed E-state index contributed by atoms with van der Waals surface area (Å²) in [6.07, 6.45) is 5.79. The summed E-state index contributed by atoms with van der Waals surface area (Å²) in [5, 5.41) is 8.21. The summed E-state index contributed by atoms with van der Waals surface area (Å²) >= 11 is 1.67. The molecule has 4 aromatic rings. The Balaban J connectivity index is 1.49. The second-order valence-corrected chi connectivity index (χ2v) is 8.47. The number of ether oxygens (including phenoxy) is 2. The first-order valence-electron chi connectivity index (χ1n) is 9.99. The first-order chi connectivity index (χ1) is 15.1. The fraction of sp³-hybridized carbons (Fsp3) is 0.333. The van der Waals surface area contributed by atoms with Crippen LogP contribution in [0, 0.1) is 0 Å². The number of amides is 1. The number of nitrogens with one attached hydrogen (secondary N) is 1. The van der Waals surface area contributed by atoms with Crippen molar-refractivity contribution in [1.82, 2.24) is 19.2 Å². The van der Waals surface area contributed by atoms with Crippen molar-refractivity contribution in [3.05, 3.63) is 45.5 Å². The number of hydrogen-bond donors (Lipinski definition) is 1. The van der Waals surface area contributed by atoms with E-state index in [1.165, 1.54) is 39.4 Å². The summed E-state index contributed by atoms with van der Waals surface area (Å²) in [4.78, 5) is 32.3. The highest BCUT2D eigenvalue weighted by atomic mass is 32.1. The summed E-state index contributed by atoms with van der Waals surface area (Å²) in [6.45, 7) is -0.227. The van der Waals surface area contributed by atoms with Crippen molar-refractivity contribution in [2.45, 2.75) is 32.2 Å². The van der Waals surface area contributed by atoms with Gasteiger partial charge in [-0.1, -0.05) is 0 Å². The van der Waals surface area contributed by atoms with Crippen LogP contribution in [0.1, 0.15) is 23.3 Å². The number of thiophene rings is 1. The molecule has 1 aliphatic rings. The Kier molecular flexibility index (Phi) is 4.85. The molecule has 1 amide bonds. The molecule has 0 aliphatic heterocycles. The Hall–Kier alpha value is -3.40. The molecular formula is C21H21N5O4S.